The molecule has 0 aromatic heterocycles. The minimum Gasteiger partial charge on any atom is -0.398 e. The second-order valence-corrected chi connectivity index (χ2v) is 5.46. The first-order chi connectivity index (χ1) is 9.25. The van der Waals surface area contributed by atoms with Gasteiger partial charge in [-0.05, 0) is 37.8 Å². The van der Waals surface area contributed by atoms with Gasteiger partial charge in [0.1, 0.15) is 0 Å². The number of rotatable bonds is 2. The van der Waals surface area contributed by atoms with Crippen LogP contribution in [0.25, 0.3) is 0 Å². The molecule has 1 aromatic rings. The Hall–Kier alpha value is -1.71. The fraction of sp³-hybridized carbons (Fsp3) is 0.533. The van der Waals surface area contributed by atoms with E-state index in [4.69, 9.17) is 5.73 Å². The number of anilines is 2. The van der Waals surface area contributed by atoms with Crippen LogP contribution in [0.3, 0.4) is 0 Å². The number of benzene rings is 1. The van der Waals surface area contributed by atoms with Crippen molar-refractivity contribution in [1.29, 1.82) is 0 Å². The van der Waals surface area contributed by atoms with Crippen molar-refractivity contribution in [3.63, 3.8) is 0 Å². The summed E-state index contributed by atoms with van der Waals surface area (Å²) in [7, 11) is 0. The number of nitrogen functional groups attached to an aromatic ring is 1. The van der Waals surface area contributed by atoms with Crippen molar-refractivity contribution in [2.45, 2.75) is 25.7 Å². The van der Waals surface area contributed by atoms with Gasteiger partial charge in [0, 0.05) is 36.6 Å². The molecule has 4 heteroatoms. The minimum absolute atomic E-state index is 0.259. The first kappa shape index (κ1) is 12.3. The molecule has 2 N–H and O–H groups in total. The van der Waals surface area contributed by atoms with Gasteiger partial charge in [0.2, 0.25) is 5.91 Å². The number of amides is 1. The van der Waals surface area contributed by atoms with E-state index in [1.165, 1.54) is 12.0 Å². The zero-order chi connectivity index (χ0) is 13.2. The van der Waals surface area contributed by atoms with Gasteiger partial charge < -0.3 is 15.5 Å². The molecule has 1 amide bonds. The summed E-state index contributed by atoms with van der Waals surface area (Å²) in [5, 5.41) is 0. The summed E-state index contributed by atoms with van der Waals surface area (Å²) in [6.07, 6.45) is 4.51. The Morgan fingerprint density at radius 3 is 2.74 bits per heavy atom. The van der Waals surface area contributed by atoms with E-state index in [1.807, 2.05) is 17.0 Å². The third kappa shape index (κ3) is 2.39. The normalized spacial score (nSPS) is 18.5. The Kier molecular flexibility index (Phi) is 3.32. The van der Waals surface area contributed by atoms with Crippen LogP contribution in [0, 0.1) is 0 Å². The third-order valence-electron chi connectivity index (χ3n) is 4.19. The highest BCUT2D eigenvalue weighted by molar-refractivity contribution is 5.83. The molecule has 19 heavy (non-hydrogen) atoms. The fourth-order valence-corrected chi connectivity index (χ4v) is 3.10. The monoisotopic (exact) mass is 259 g/mol. The van der Waals surface area contributed by atoms with Crippen molar-refractivity contribution in [2.24, 2.45) is 0 Å². The number of hydrogen-bond donors (Lipinski definition) is 1. The van der Waals surface area contributed by atoms with Crippen molar-refractivity contribution in [2.75, 3.05) is 36.8 Å². The molecule has 3 rings (SSSR count). The molecule has 0 unspecified atom stereocenters. The molecule has 2 aliphatic rings. The quantitative estimate of drug-likeness (QED) is 0.822. The summed E-state index contributed by atoms with van der Waals surface area (Å²) in [5.74, 6) is 0.259. The number of carbonyl (C=O) groups excluding carboxylic acids is 1. The topological polar surface area (TPSA) is 49.6 Å². The zero-order valence-electron chi connectivity index (χ0n) is 11.3. The average molecular weight is 259 g/mol. The van der Waals surface area contributed by atoms with Gasteiger partial charge >= 0.3 is 0 Å². The van der Waals surface area contributed by atoms with E-state index in [1.54, 1.807) is 0 Å². The predicted molar refractivity (Wildman–Crippen MR) is 77.2 cm³/mol. The van der Waals surface area contributed by atoms with Gasteiger partial charge in [-0.25, -0.2) is 0 Å². The lowest BCUT2D eigenvalue weighted by atomic mass is 10.1. The summed E-state index contributed by atoms with van der Waals surface area (Å²) in [5.41, 5.74) is 9.18. The van der Waals surface area contributed by atoms with Crippen LogP contribution in [-0.2, 0) is 11.2 Å². The molecule has 0 atom stereocenters. The number of nitrogens with zero attached hydrogens (tertiary/aromatic N) is 2. The third-order valence-corrected chi connectivity index (χ3v) is 4.19. The number of carbonyl (C=O) groups is 1. The Morgan fingerprint density at radius 1 is 1.16 bits per heavy atom. The highest BCUT2D eigenvalue weighted by Gasteiger charge is 2.25. The van der Waals surface area contributed by atoms with Crippen LogP contribution in [-0.4, -0.2) is 37.0 Å². The van der Waals surface area contributed by atoms with Crippen LogP contribution in [0.1, 0.15) is 24.8 Å². The molecule has 102 valence electrons. The van der Waals surface area contributed by atoms with E-state index in [9.17, 15) is 4.79 Å². The van der Waals surface area contributed by atoms with Crippen LogP contribution in [0.2, 0.25) is 0 Å². The fourth-order valence-electron chi connectivity index (χ4n) is 3.10. The van der Waals surface area contributed by atoms with Gasteiger partial charge in [-0.2, -0.15) is 0 Å². The SMILES string of the molecule is Nc1cccc2c1CCN2CC(=O)N1CCCCC1. The minimum atomic E-state index is 0.259. The lowest BCUT2D eigenvalue weighted by Gasteiger charge is -2.29. The predicted octanol–water partition coefficient (Wildman–Crippen LogP) is 1.64. The molecule has 0 spiro atoms. The molecule has 1 fully saturated rings. The first-order valence-electron chi connectivity index (χ1n) is 7.16. The lowest BCUT2D eigenvalue weighted by molar-refractivity contribution is -0.130. The molecule has 1 aromatic carbocycles. The molecule has 2 aliphatic heterocycles. The van der Waals surface area contributed by atoms with Crippen molar-refractivity contribution < 1.29 is 4.79 Å². The largest absolute Gasteiger partial charge is 0.398 e. The van der Waals surface area contributed by atoms with E-state index in [0.717, 1.165) is 50.3 Å². The highest BCUT2D eigenvalue weighted by Crippen LogP contribution is 2.31. The number of hydrogen-bond acceptors (Lipinski definition) is 3. The van der Waals surface area contributed by atoms with E-state index >= 15 is 0 Å². The second kappa shape index (κ2) is 5.11. The summed E-state index contributed by atoms with van der Waals surface area (Å²) in [6, 6.07) is 5.98. The Morgan fingerprint density at radius 2 is 1.95 bits per heavy atom. The molecule has 4 nitrogen and oxygen atoms in total. The lowest BCUT2D eigenvalue weighted by Crippen LogP contribution is -2.42. The van der Waals surface area contributed by atoms with Crippen molar-refractivity contribution in [1.82, 2.24) is 4.90 Å². The average Bonchev–Trinajstić information content (AvgIpc) is 2.84. The summed E-state index contributed by atoms with van der Waals surface area (Å²) in [4.78, 5) is 16.5. The number of likely N-dealkylation sites (tertiary alicyclic amines) is 1. The first-order valence-corrected chi connectivity index (χ1v) is 7.16. The van der Waals surface area contributed by atoms with Crippen LogP contribution >= 0.6 is 0 Å². The maximum atomic E-state index is 12.3. The van der Waals surface area contributed by atoms with Gasteiger partial charge in [-0.3, -0.25) is 4.79 Å². The van der Waals surface area contributed by atoms with Gasteiger partial charge in [0.05, 0.1) is 6.54 Å². The van der Waals surface area contributed by atoms with Gasteiger partial charge in [0.25, 0.3) is 0 Å². The highest BCUT2D eigenvalue weighted by atomic mass is 16.2. The number of nitrogens with two attached hydrogens (primary N) is 1. The van der Waals surface area contributed by atoms with E-state index < -0.39 is 0 Å². The molecule has 0 bridgehead atoms. The van der Waals surface area contributed by atoms with E-state index in [0.29, 0.717) is 6.54 Å². The molecule has 2 heterocycles. The molecule has 0 saturated carbocycles. The Balaban J connectivity index is 1.69. The van der Waals surface area contributed by atoms with E-state index in [2.05, 4.69) is 11.0 Å². The summed E-state index contributed by atoms with van der Waals surface area (Å²) >= 11 is 0. The number of fused-ring (bicyclic) bond motifs is 1. The Bertz CT molecular complexity index is 480. The second-order valence-electron chi connectivity index (χ2n) is 5.46. The number of piperidine rings is 1. The van der Waals surface area contributed by atoms with Gasteiger partial charge in [-0.15, -0.1) is 0 Å². The summed E-state index contributed by atoms with van der Waals surface area (Å²) in [6.45, 7) is 3.26. The standard InChI is InChI=1S/C15H21N3O/c16-13-5-4-6-14-12(13)7-10-18(14)11-15(19)17-8-2-1-3-9-17/h4-6H,1-3,7-11,16H2. The molecular formula is C15H21N3O. The van der Waals surface area contributed by atoms with Crippen LogP contribution < -0.4 is 10.6 Å². The molecule has 0 radical (unpaired) electrons. The van der Waals surface area contributed by atoms with E-state index in [-0.39, 0.29) is 5.91 Å². The van der Waals surface area contributed by atoms with Crippen LogP contribution in [0.15, 0.2) is 18.2 Å². The Labute approximate surface area is 114 Å². The van der Waals surface area contributed by atoms with Crippen molar-refractivity contribution in [3.8, 4) is 0 Å². The zero-order valence-corrected chi connectivity index (χ0v) is 11.3. The molecule has 1 saturated heterocycles. The maximum Gasteiger partial charge on any atom is 0.242 e. The van der Waals surface area contributed by atoms with Gasteiger partial charge in [-0.1, -0.05) is 6.07 Å². The van der Waals surface area contributed by atoms with Crippen molar-refractivity contribution in [3.05, 3.63) is 23.8 Å². The van der Waals surface area contributed by atoms with Gasteiger partial charge in [0.15, 0.2) is 0 Å². The van der Waals surface area contributed by atoms with Crippen molar-refractivity contribution >= 4 is 17.3 Å². The summed E-state index contributed by atoms with van der Waals surface area (Å²) < 4.78 is 0. The molecule has 0 aliphatic carbocycles. The van der Waals surface area contributed by atoms with Crippen LogP contribution in [0.5, 0.6) is 0 Å². The van der Waals surface area contributed by atoms with Crippen LogP contribution in [0.4, 0.5) is 11.4 Å². The smallest absolute Gasteiger partial charge is 0.242 e. The maximum absolute atomic E-state index is 12.3. The molecular weight excluding hydrogens is 238 g/mol.